The number of hydrogen-bond donors (Lipinski definition) is 0. The molecule has 3 heteroatoms. The fourth-order valence-electron chi connectivity index (χ4n) is 6.12. The second-order valence-electron chi connectivity index (χ2n) is 13.1. The minimum absolute atomic E-state index is 0. The fourth-order valence-corrected chi connectivity index (χ4v) is 6.12. The van der Waals surface area contributed by atoms with E-state index in [2.05, 4.69) is 76.2 Å². The second kappa shape index (κ2) is 17.9. The van der Waals surface area contributed by atoms with Crippen LogP contribution in [0.15, 0.2) is 0 Å². The second-order valence-corrected chi connectivity index (χ2v) is 13.1. The molecule has 3 aliphatic carbocycles. The van der Waals surface area contributed by atoms with E-state index in [1.54, 1.807) is 5.92 Å². The van der Waals surface area contributed by atoms with Crippen molar-refractivity contribution in [2.24, 2.45) is 27.1 Å². The SMILES string of the molecule is [CH2-]CC1(CC([CH2-])(C)C)CCC1.[CH2-]CC1(C[CH2-])CCC1(C)C.[CH2-]C[C-]1CCCCC1(C)C.[Y].[Y].[Y]. The summed E-state index contributed by atoms with van der Waals surface area (Å²) in [6, 6.07) is 0. The Labute approximate surface area is 293 Å². The van der Waals surface area contributed by atoms with Gasteiger partial charge in [0.15, 0.2) is 0 Å². The van der Waals surface area contributed by atoms with Crippen molar-refractivity contribution in [3.8, 4) is 0 Å². The van der Waals surface area contributed by atoms with Gasteiger partial charge in [0.2, 0.25) is 0 Å². The third-order valence-corrected chi connectivity index (χ3v) is 9.21. The minimum Gasteiger partial charge on any atom is -0.372 e. The fraction of sp³-hybridized carbons (Fsp3) is 0.806. The summed E-state index contributed by atoms with van der Waals surface area (Å²) >= 11 is 0. The molecule has 3 fully saturated rings. The summed E-state index contributed by atoms with van der Waals surface area (Å²) in [4.78, 5) is 0. The van der Waals surface area contributed by atoms with E-state index in [9.17, 15) is 0 Å². The first kappa shape index (κ1) is 41.8. The molecule has 0 unspecified atom stereocenters. The summed E-state index contributed by atoms with van der Waals surface area (Å²) in [7, 11) is 0. The first-order chi connectivity index (χ1) is 14.2. The Bertz CT molecular complexity index is 494. The summed E-state index contributed by atoms with van der Waals surface area (Å²) < 4.78 is 0. The molecule has 195 valence electrons. The van der Waals surface area contributed by atoms with Crippen LogP contribution in [-0.2, 0) is 98.1 Å². The van der Waals surface area contributed by atoms with Crippen LogP contribution in [0.1, 0.15) is 131 Å². The van der Waals surface area contributed by atoms with Crippen LogP contribution in [0.25, 0.3) is 0 Å². The van der Waals surface area contributed by atoms with Gasteiger partial charge in [0.25, 0.3) is 0 Å². The van der Waals surface area contributed by atoms with Gasteiger partial charge in [-0.1, -0.05) is 104 Å². The Kier molecular flexibility index (Phi) is 22.0. The Morgan fingerprint density at radius 2 is 1.24 bits per heavy atom. The molecular weight excluding hydrogens is 639 g/mol. The largest absolute Gasteiger partial charge is 0.372 e. The molecule has 0 saturated heterocycles. The van der Waals surface area contributed by atoms with Gasteiger partial charge in [-0.25, -0.2) is 0 Å². The molecule has 0 atom stereocenters. The molecule has 0 spiro atoms. The predicted molar refractivity (Wildman–Crippen MR) is 141 cm³/mol. The van der Waals surface area contributed by atoms with Crippen molar-refractivity contribution < 1.29 is 98.1 Å². The van der Waals surface area contributed by atoms with Gasteiger partial charge in [-0.05, 0) is 11.8 Å². The maximum atomic E-state index is 4.16. The van der Waals surface area contributed by atoms with E-state index in [4.69, 9.17) is 0 Å². The van der Waals surface area contributed by atoms with Crippen LogP contribution in [-0.4, -0.2) is 0 Å². The van der Waals surface area contributed by atoms with Crippen LogP contribution < -0.4 is 0 Å². The van der Waals surface area contributed by atoms with Crippen LogP contribution in [0, 0.1) is 67.6 Å². The van der Waals surface area contributed by atoms with E-state index in [-0.39, 0.29) is 104 Å². The molecule has 0 nitrogen and oxygen atoms in total. The molecule has 3 radical (unpaired) electrons. The van der Waals surface area contributed by atoms with Crippen LogP contribution in [0.4, 0.5) is 0 Å². The molecule has 0 heterocycles. The maximum Gasteiger partial charge on any atom is 0 e. The smallest absolute Gasteiger partial charge is 0 e. The molecule has 3 aliphatic rings. The zero-order valence-electron chi connectivity index (χ0n) is 24.2. The Hall–Kier alpha value is 3.31. The summed E-state index contributed by atoms with van der Waals surface area (Å²) in [6.07, 6.45) is 17.9. The van der Waals surface area contributed by atoms with E-state index >= 15 is 0 Å². The van der Waals surface area contributed by atoms with Crippen LogP contribution in [0.3, 0.4) is 0 Å². The van der Waals surface area contributed by atoms with Crippen molar-refractivity contribution in [1.29, 1.82) is 0 Å². The van der Waals surface area contributed by atoms with Gasteiger partial charge in [-0.2, -0.15) is 36.5 Å². The van der Waals surface area contributed by atoms with E-state index in [1.165, 1.54) is 64.2 Å². The molecule has 3 saturated carbocycles. The maximum absolute atomic E-state index is 4.16. The molecule has 0 aromatic carbocycles. The van der Waals surface area contributed by atoms with E-state index < -0.39 is 0 Å². The van der Waals surface area contributed by atoms with Crippen molar-refractivity contribution in [2.75, 3.05) is 0 Å². The monoisotopic (exact) mass is 695 g/mol. The van der Waals surface area contributed by atoms with Gasteiger partial charge in [-0.15, -0.1) is 0 Å². The van der Waals surface area contributed by atoms with Gasteiger partial charge >= 0.3 is 0 Å². The summed E-state index contributed by atoms with van der Waals surface area (Å²) in [5, 5.41) is 0. The quantitative estimate of drug-likeness (QED) is 0.243. The Morgan fingerprint density at radius 3 is 1.38 bits per heavy atom. The predicted octanol–water partition coefficient (Wildman–Crippen LogP) is 10.3. The average Bonchev–Trinajstić information content (AvgIpc) is 2.65. The van der Waals surface area contributed by atoms with E-state index in [0.717, 1.165) is 25.7 Å². The van der Waals surface area contributed by atoms with E-state index in [1.807, 2.05) is 0 Å². The summed E-state index contributed by atoms with van der Waals surface area (Å²) in [5.41, 5.74) is 2.31. The molecule has 0 aromatic heterocycles. The van der Waals surface area contributed by atoms with Gasteiger partial charge in [-0.3, -0.25) is 0 Å². The van der Waals surface area contributed by atoms with Gasteiger partial charge in [0, 0.05) is 98.1 Å². The Morgan fingerprint density at radius 1 is 0.706 bits per heavy atom. The first-order valence-electron chi connectivity index (χ1n) is 13.1. The number of hydrogen-bond acceptors (Lipinski definition) is 0. The van der Waals surface area contributed by atoms with Crippen molar-refractivity contribution in [3.63, 3.8) is 0 Å². The molecule has 0 N–H and O–H groups in total. The van der Waals surface area contributed by atoms with Crippen LogP contribution >= 0.6 is 0 Å². The third-order valence-electron chi connectivity index (χ3n) is 9.21. The van der Waals surface area contributed by atoms with Crippen LogP contribution in [0.2, 0.25) is 0 Å². The molecule has 34 heavy (non-hydrogen) atoms. The summed E-state index contributed by atoms with van der Waals surface area (Å²) in [5.74, 6) is 1.68. The van der Waals surface area contributed by atoms with E-state index in [0.29, 0.717) is 21.7 Å². The molecule has 0 bridgehead atoms. The zero-order chi connectivity index (χ0) is 24.0. The van der Waals surface area contributed by atoms with Crippen molar-refractivity contribution >= 4 is 0 Å². The van der Waals surface area contributed by atoms with Gasteiger partial charge < -0.3 is 47.0 Å². The van der Waals surface area contributed by atoms with Crippen molar-refractivity contribution in [1.82, 2.24) is 0 Å². The zero-order valence-corrected chi connectivity index (χ0v) is 32.7. The summed E-state index contributed by atoms with van der Waals surface area (Å²) in [6.45, 7) is 34.0. The van der Waals surface area contributed by atoms with Crippen molar-refractivity contribution in [2.45, 2.75) is 131 Å². The van der Waals surface area contributed by atoms with Gasteiger partial charge in [0.05, 0.1) is 0 Å². The molecule has 0 aliphatic heterocycles. The molecular formula is C31H56Y3-6. The topological polar surface area (TPSA) is 0 Å². The first-order valence-corrected chi connectivity index (χ1v) is 13.1. The minimum atomic E-state index is 0. The molecule has 3 rings (SSSR count). The van der Waals surface area contributed by atoms with Crippen LogP contribution in [0.5, 0.6) is 0 Å². The van der Waals surface area contributed by atoms with Crippen molar-refractivity contribution in [3.05, 3.63) is 40.5 Å². The average molecular weight is 696 g/mol. The molecule has 0 amide bonds. The Balaban J connectivity index is -0.000000407. The number of rotatable bonds is 6. The van der Waals surface area contributed by atoms with Gasteiger partial charge in [0.1, 0.15) is 0 Å². The normalized spacial score (nSPS) is 23.4. The standard InChI is InChI=1S/C11H20.2C10H18.3Y/c1-5-11(7-6-8-11)9-10(2,3)4;1-5-10(6-2)8-7-9(10,3)4;1-4-9-7-5-6-8-10(9,2)3;;;/h1-2,5-9H2,3-4H3;1-2,5-8H2,3-4H3;1,4-8H2,2-3H3;;;/q3*-2;;;. The molecule has 0 aromatic rings. The third kappa shape index (κ3) is 12.2.